The first-order chi connectivity index (χ1) is 15.0. The molecular formula is C24H18Br2N4O. The van der Waals surface area contributed by atoms with E-state index in [1.54, 1.807) is 29.5 Å². The number of carbonyl (C=O) groups is 1. The minimum Gasteiger partial charge on any atom is -0.350 e. The fourth-order valence-electron chi connectivity index (χ4n) is 4.04. The van der Waals surface area contributed by atoms with Crippen molar-refractivity contribution in [1.82, 2.24) is 14.6 Å². The van der Waals surface area contributed by atoms with E-state index in [-0.39, 0.29) is 11.9 Å². The van der Waals surface area contributed by atoms with Crippen molar-refractivity contribution in [3.63, 3.8) is 0 Å². The van der Waals surface area contributed by atoms with Gasteiger partial charge in [0, 0.05) is 57.5 Å². The Kier molecular flexibility index (Phi) is 5.24. The van der Waals surface area contributed by atoms with Gasteiger partial charge in [-0.3, -0.25) is 9.78 Å². The third-order valence-corrected chi connectivity index (χ3v) is 6.57. The van der Waals surface area contributed by atoms with Gasteiger partial charge in [0.15, 0.2) is 0 Å². The fourth-order valence-corrected chi connectivity index (χ4v) is 4.66. The van der Waals surface area contributed by atoms with Crippen molar-refractivity contribution in [3.05, 3.63) is 98.8 Å². The zero-order valence-corrected chi connectivity index (χ0v) is 19.8. The topological polar surface area (TPSA) is 50.5 Å². The van der Waals surface area contributed by atoms with Gasteiger partial charge < -0.3 is 4.57 Å². The van der Waals surface area contributed by atoms with Crippen LogP contribution in [0, 0.1) is 0 Å². The molecule has 1 unspecified atom stereocenters. The molecule has 1 aliphatic heterocycles. The average Bonchev–Trinajstić information content (AvgIpc) is 3.36. The third kappa shape index (κ3) is 3.72. The van der Waals surface area contributed by atoms with E-state index in [1.807, 2.05) is 37.4 Å². The second kappa shape index (κ2) is 8.05. The Balaban J connectivity index is 1.62. The SMILES string of the molecule is Cn1cc(C2CC(c3ccc(Br)cc3)=NN2C(=O)c2cccnc2)c2cc(Br)ccc21. The maximum absolute atomic E-state index is 13.4. The molecule has 1 amide bonds. The van der Waals surface area contributed by atoms with E-state index < -0.39 is 0 Å². The molecule has 0 N–H and O–H groups in total. The van der Waals surface area contributed by atoms with Crippen molar-refractivity contribution < 1.29 is 4.79 Å². The van der Waals surface area contributed by atoms with Gasteiger partial charge in [-0.2, -0.15) is 5.10 Å². The summed E-state index contributed by atoms with van der Waals surface area (Å²) in [5.41, 5.74) is 4.61. The summed E-state index contributed by atoms with van der Waals surface area (Å²) < 4.78 is 4.11. The van der Waals surface area contributed by atoms with E-state index in [2.05, 4.69) is 59.7 Å². The first-order valence-electron chi connectivity index (χ1n) is 9.83. The minimum atomic E-state index is -0.204. The van der Waals surface area contributed by atoms with E-state index in [9.17, 15) is 4.79 Å². The van der Waals surface area contributed by atoms with Crippen molar-refractivity contribution in [2.24, 2.45) is 12.1 Å². The number of pyridine rings is 1. The highest BCUT2D eigenvalue weighted by molar-refractivity contribution is 9.10. The van der Waals surface area contributed by atoms with Crippen molar-refractivity contribution in [2.45, 2.75) is 12.5 Å². The van der Waals surface area contributed by atoms with Gasteiger partial charge >= 0.3 is 0 Å². The van der Waals surface area contributed by atoms with Gasteiger partial charge in [-0.25, -0.2) is 5.01 Å². The summed E-state index contributed by atoms with van der Waals surface area (Å²) in [6.07, 6.45) is 5.99. The minimum absolute atomic E-state index is 0.155. The number of rotatable bonds is 3. The summed E-state index contributed by atoms with van der Waals surface area (Å²) in [4.78, 5) is 17.5. The highest BCUT2D eigenvalue weighted by Gasteiger charge is 2.35. The van der Waals surface area contributed by atoms with Crippen LogP contribution in [0.25, 0.3) is 10.9 Å². The number of hydrogen-bond acceptors (Lipinski definition) is 3. The first kappa shape index (κ1) is 20.2. The number of hydrogen-bond donors (Lipinski definition) is 0. The van der Waals surface area contributed by atoms with Crippen LogP contribution in [0.2, 0.25) is 0 Å². The number of carbonyl (C=O) groups excluding carboxylic acids is 1. The van der Waals surface area contributed by atoms with E-state index in [0.717, 1.165) is 36.7 Å². The smallest absolute Gasteiger partial charge is 0.276 e. The summed E-state index contributed by atoms with van der Waals surface area (Å²) in [5.74, 6) is -0.155. The predicted molar refractivity (Wildman–Crippen MR) is 129 cm³/mol. The molecule has 7 heteroatoms. The number of nitrogens with zero attached hydrogens (tertiary/aromatic N) is 4. The van der Waals surface area contributed by atoms with Gasteiger partial charge in [0.25, 0.3) is 5.91 Å². The number of aromatic nitrogens is 2. The summed E-state index contributed by atoms with van der Waals surface area (Å²) in [6.45, 7) is 0. The van der Waals surface area contributed by atoms with Crippen LogP contribution in [0.3, 0.4) is 0 Å². The Hall–Kier alpha value is -2.77. The molecule has 5 rings (SSSR count). The van der Waals surface area contributed by atoms with Crippen LogP contribution in [0.1, 0.15) is 33.9 Å². The van der Waals surface area contributed by atoms with Gasteiger partial charge in [0.05, 0.1) is 17.3 Å². The van der Waals surface area contributed by atoms with Gasteiger partial charge in [0.2, 0.25) is 0 Å². The van der Waals surface area contributed by atoms with Crippen LogP contribution < -0.4 is 0 Å². The number of amides is 1. The Morgan fingerprint density at radius 3 is 2.58 bits per heavy atom. The predicted octanol–water partition coefficient (Wildman–Crippen LogP) is 6.09. The highest BCUT2D eigenvalue weighted by Crippen LogP contribution is 2.39. The molecule has 0 fully saturated rings. The van der Waals surface area contributed by atoms with Crippen molar-refractivity contribution in [2.75, 3.05) is 0 Å². The largest absolute Gasteiger partial charge is 0.350 e. The van der Waals surface area contributed by atoms with E-state index in [4.69, 9.17) is 5.10 Å². The second-order valence-corrected chi connectivity index (χ2v) is 9.35. The molecule has 0 saturated heterocycles. The molecule has 1 aliphatic rings. The molecule has 2 aromatic carbocycles. The molecule has 3 heterocycles. The maximum Gasteiger partial charge on any atom is 0.276 e. The third-order valence-electron chi connectivity index (χ3n) is 5.55. The Morgan fingerprint density at radius 1 is 1.06 bits per heavy atom. The van der Waals surface area contributed by atoms with Crippen molar-refractivity contribution in [1.29, 1.82) is 0 Å². The normalized spacial score (nSPS) is 16.0. The number of fused-ring (bicyclic) bond motifs is 1. The first-order valence-corrected chi connectivity index (χ1v) is 11.4. The highest BCUT2D eigenvalue weighted by atomic mass is 79.9. The monoisotopic (exact) mass is 536 g/mol. The molecule has 154 valence electrons. The van der Waals surface area contributed by atoms with Crippen LogP contribution in [-0.4, -0.2) is 26.2 Å². The molecular weight excluding hydrogens is 520 g/mol. The van der Waals surface area contributed by atoms with E-state index in [1.165, 1.54) is 0 Å². The molecule has 4 aromatic rings. The van der Waals surface area contributed by atoms with Gasteiger partial charge in [-0.1, -0.05) is 44.0 Å². The number of aryl methyl sites for hydroxylation is 1. The molecule has 0 spiro atoms. The Labute approximate surface area is 196 Å². The average molecular weight is 538 g/mol. The van der Waals surface area contributed by atoms with Crippen LogP contribution in [-0.2, 0) is 7.05 Å². The molecule has 0 saturated carbocycles. The van der Waals surface area contributed by atoms with Crippen molar-refractivity contribution in [3.8, 4) is 0 Å². The fraction of sp³-hybridized carbons (Fsp3) is 0.125. The van der Waals surface area contributed by atoms with Crippen LogP contribution in [0.15, 0.2) is 87.2 Å². The molecule has 31 heavy (non-hydrogen) atoms. The number of benzene rings is 2. The molecule has 1 atom stereocenters. The van der Waals surface area contributed by atoms with E-state index in [0.29, 0.717) is 12.0 Å². The lowest BCUT2D eigenvalue weighted by atomic mass is 9.98. The molecule has 0 bridgehead atoms. The van der Waals surface area contributed by atoms with Crippen LogP contribution in [0.4, 0.5) is 0 Å². The molecule has 0 radical (unpaired) electrons. The zero-order valence-electron chi connectivity index (χ0n) is 16.7. The molecule has 5 nitrogen and oxygen atoms in total. The van der Waals surface area contributed by atoms with Gasteiger partial charge in [-0.15, -0.1) is 0 Å². The summed E-state index contributed by atoms with van der Waals surface area (Å²) in [7, 11) is 2.03. The van der Waals surface area contributed by atoms with Crippen LogP contribution in [0.5, 0.6) is 0 Å². The zero-order chi connectivity index (χ0) is 21.5. The number of hydrazone groups is 1. The number of halogens is 2. The maximum atomic E-state index is 13.4. The standard InChI is InChI=1S/C24H18Br2N4O/c1-29-14-20(19-11-18(26)8-9-22(19)29)23-12-21(15-4-6-17(25)7-5-15)28-30(23)24(31)16-3-2-10-27-13-16/h2-11,13-14,23H,12H2,1H3. The molecule has 0 aliphatic carbocycles. The lowest BCUT2D eigenvalue weighted by Crippen LogP contribution is -2.27. The Bertz CT molecular complexity index is 1310. The van der Waals surface area contributed by atoms with Gasteiger partial charge in [0.1, 0.15) is 0 Å². The second-order valence-electron chi connectivity index (χ2n) is 7.52. The lowest BCUT2D eigenvalue weighted by Gasteiger charge is -2.21. The quantitative estimate of drug-likeness (QED) is 0.317. The Morgan fingerprint density at radius 2 is 1.84 bits per heavy atom. The van der Waals surface area contributed by atoms with E-state index >= 15 is 0 Å². The summed E-state index contributed by atoms with van der Waals surface area (Å²) in [6, 6.07) is 17.6. The summed E-state index contributed by atoms with van der Waals surface area (Å²) in [5, 5.41) is 7.52. The van der Waals surface area contributed by atoms with Crippen molar-refractivity contribution >= 4 is 54.4 Å². The summed E-state index contributed by atoms with van der Waals surface area (Å²) >= 11 is 7.08. The van der Waals surface area contributed by atoms with Crippen LogP contribution >= 0.6 is 31.9 Å². The molecule has 2 aromatic heterocycles. The van der Waals surface area contributed by atoms with Gasteiger partial charge in [-0.05, 0) is 48.0 Å². The lowest BCUT2D eigenvalue weighted by molar-refractivity contribution is 0.0711.